The van der Waals surface area contributed by atoms with Gasteiger partial charge in [0.15, 0.2) is 5.78 Å². The molecule has 154 valence electrons. The van der Waals surface area contributed by atoms with Crippen molar-refractivity contribution in [1.82, 2.24) is 10.3 Å². The monoisotopic (exact) mass is 393 g/mol. The van der Waals surface area contributed by atoms with Crippen molar-refractivity contribution in [3.8, 4) is 0 Å². The lowest BCUT2D eigenvalue weighted by molar-refractivity contribution is -0.129. The molecule has 1 fully saturated rings. The van der Waals surface area contributed by atoms with E-state index in [1.807, 2.05) is 19.1 Å². The number of benzene rings is 1. The van der Waals surface area contributed by atoms with Crippen LogP contribution in [0, 0.1) is 18.8 Å². The molecule has 1 aromatic carbocycles. The summed E-state index contributed by atoms with van der Waals surface area (Å²) in [6, 6.07) is 13.6. The van der Waals surface area contributed by atoms with Crippen molar-refractivity contribution in [3.63, 3.8) is 0 Å². The summed E-state index contributed by atoms with van der Waals surface area (Å²) in [5.41, 5.74) is 8.87. The first-order valence-corrected chi connectivity index (χ1v) is 10.5. The second-order valence-electron chi connectivity index (χ2n) is 8.24. The highest BCUT2D eigenvalue weighted by Crippen LogP contribution is 2.33. The molecule has 29 heavy (non-hydrogen) atoms. The number of anilines is 1. The number of rotatable bonds is 8. The second-order valence-corrected chi connectivity index (χ2v) is 8.24. The SMILES string of the molecule is Cc1nc(N)ccc1CCC(=O)[C@H](C)NC(=O)[C@H]1CC[C@H](Cc2ccccc2)C1. The van der Waals surface area contributed by atoms with Crippen LogP contribution in [-0.2, 0) is 22.4 Å². The molecule has 1 heterocycles. The standard InChI is InChI=1S/C24H31N3O2/c1-16-20(11-13-23(25)26-16)10-12-22(28)17(2)27-24(29)21-9-8-19(15-21)14-18-6-4-3-5-7-18/h3-7,11,13,17,19,21H,8-10,12,14-15H2,1-2H3,(H2,25,26)(H,27,29)/t17-,19+,21-/m0/s1. The minimum absolute atomic E-state index is 0.0162. The number of carbonyl (C=O) groups is 2. The van der Waals surface area contributed by atoms with E-state index in [2.05, 4.69) is 34.6 Å². The Labute approximate surface area is 173 Å². The molecule has 3 atom stereocenters. The van der Waals surface area contributed by atoms with Crippen LogP contribution in [0.2, 0.25) is 0 Å². The van der Waals surface area contributed by atoms with E-state index in [0.717, 1.165) is 36.9 Å². The van der Waals surface area contributed by atoms with Gasteiger partial charge in [-0.05, 0) is 69.1 Å². The van der Waals surface area contributed by atoms with Crippen LogP contribution in [0.1, 0.15) is 49.4 Å². The van der Waals surface area contributed by atoms with Gasteiger partial charge in [0.1, 0.15) is 5.82 Å². The molecule has 0 unspecified atom stereocenters. The number of nitrogen functional groups attached to an aromatic ring is 1. The van der Waals surface area contributed by atoms with Gasteiger partial charge in [0.05, 0.1) is 6.04 Å². The Kier molecular flexibility index (Phi) is 7.02. The lowest BCUT2D eigenvalue weighted by Gasteiger charge is -2.17. The number of carbonyl (C=O) groups excluding carboxylic acids is 2. The minimum Gasteiger partial charge on any atom is -0.384 e. The number of Topliss-reactive ketones (excluding diaryl/α,β-unsaturated/α-hetero) is 1. The van der Waals surface area contributed by atoms with Gasteiger partial charge in [-0.1, -0.05) is 36.4 Å². The fourth-order valence-corrected chi connectivity index (χ4v) is 4.21. The number of hydrogen-bond donors (Lipinski definition) is 2. The first kappa shape index (κ1) is 21.0. The maximum Gasteiger partial charge on any atom is 0.223 e. The van der Waals surface area contributed by atoms with Gasteiger partial charge >= 0.3 is 0 Å². The largest absolute Gasteiger partial charge is 0.384 e. The third-order valence-corrected chi connectivity index (χ3v) is 5.98. The van der Waals surface area contributed by atoms with Crippen LogP contribution < -0.4 is 11.1 Å². The third-order valence-electron chi connectivity index (χ3n) is 5.98. The molecule has 1 amide bonds. The summed E-state index contributed by atoms with van der Waals surface area (Å²) < 4.78 is 0. The van der Waals surface area contributed by atoms with Crippen LogP contribution in [0.4, 0.5) is 5.82 Å². The summed E-state index contributed by atoms with van der Waals surface area (Å²) >= 11 is 0. The molecule has 1 aliphatic carbocycles. The van der Waals surface area contributed by atoms with Gasteiger partial charge in [-0.2, -0.15) is 0 Å². The number of nitrogens with zero attached hydrogens (tertiary/aromatic N) is 1. The van der Waals surface area contributed by atoms with Crippen molar-refractivity contribution < 1.29 is 9.59 Å². The molecule has 0 aliphatic heterocycles. The van der Waals surface area contributed by atoms with E-state index in [1.165, 1.54) is 5.56 Å². The Morgan fingerprint density at radius 2 is 1.93 bits per heavy atom. The number of ketones is 1. The summed E-state index contributed by atoms with van der Waals surface area (Å²) in [5, 5.41) is 2.94. The van der Waals surface area contributed by atoms with Crippen LogP contribution in [0.25, 0.3) is 0 Å². The van der Waals surface area contributed by atoms with Crippen LogP contribution in [0.15, 0.2) is 42.5 Å². The maximum atomic E-state index is 12.6. The van der Waals surface area contributed by atoms with Gasteiger partial charge in [0.2, 0.25) is 5.91 Å². The Morgan fingerprint density at radius 3 is 2.66 bits per heavy atom. The molecule has 3 rings (SSSR count). The van der Waals surface area contributed by atoms with Gasteiger partial charge in [0, 0.05) is 18.0 Å². The van der Waals surface area contributed by atoms with E-state index < -0.39 is 6.04 Å². The van der Waals surface area contributed by atoms with Gasteiger partial charge in [-0.15, -0.1) is 0 Å². The summed E-state index contributed by atoms with van der Waals surface area (Å²) in [6.45, 7) is 3.68. The summed E-state index contributed by atoms with van der Waals surface area (Å²) in [5.74, 6) is 1.11. The molecule has 0 bridgehead atoms. The molecule has 0 saturated heterocycles. The van der Waals surface area contributed by atoms with E-state index in [9.17, 15) is 9.59 Å². The molecule has 0 radical (unpaired) electrons. The zero-order valence-electron chi connectivity index (χ0n) is 17.4. The van der Waals surface area contributed by atoms with Gasteiger partial charge in [-0.3, -0.25) is 9.59 Å². The van der Waals surface area contributed by atoms with E-state index in [4.69, 9.17) is 5.73 Å². The van der Waals surface area contributed by atoms with Gasteiger partial charge in [-0.25, -0.2) is 4.98 Å². The number of aryl methyl sites for hydroxylation is 2. The first-order valence-electron chi connectivity index (χ1n) is 10.5. The van der Waals surface area contributed by atoms with Crippen molar-refractivity contribution in [2.75, 3.05) is 5.73 Å². The molecule has 2 aromatic rings. The molecule has 1 saturated carbocycles. The Bertz CT molecular complexity index is 850. The van der Waals surface area contributed by atoms with Crippen LogP contribution >= 0.6 is 0 Å². The van der Waals surface area contributed by atoms with Crippen LogP contribution in [0.5, 0.6) is 0 Å². The molecular weight excluding hydrogens is 362 g/mol. The second kappa shape index (κ2) is 9.68. The van der Waals surface area contributed by atoms with Crippen LogP contribution in [-0.4, -0.2) is 22.7 Å². The molecule has 3 N–H and O–H groups in total. The Hall–Kier alpha value is -2.69. The van der Waals surface area contributed by atoms with Gasteiger partial charge in [0.25, 0.3) is 0 Å². The summed E-state index contributed by atoms with van der Waals surface area (Å²) in [4.78, 5) is 29.4. The number of hydrogen-bond acceptors (Lipinski definition) is 4. The number of pyridine rings is 1. The molecule has 1 aliphatic rings. The smallest absolute Gasteiger partial charge is 0.223 e. The van der Waals surface area contributed by atoms with Gasteiger partial charge < -0.3 is 11.1 Å². The maximum absolute atomic E-state index is 12.6. The Balaban J connectivity index is 1.44. The van der Waals surface area contributed by atoms with E-state index in [1.54, 1.807) is 13.0 Å². The van der Waals surface area contributed by atoms with E-state index >= 15 is 0 Å². The third kappa shape index (κ3) is 5.89. The average molecular weight is 394 g/mol. The summed E-state index contributed by atoms with van der Waals surface area (Å²) in [7, 11) is 0. The number of amides is 1. The zero-order chi connectivity index (χ0) is 20.8. The van der Waals surface area contributed by atoms with E-state index in [-0.39, 0.29) is 17.6 Å². The van der Waals surface area contributed by atoms with Crippen molar-refractivity contribution >= 4 is 17.5 Å². The number of aromatic nitrogens is 1. The highest BCUT2D eigenvalue weighted by molar-refractivity contribution is 5.89. The zero-order valence-corrected chi connectivity index (χ0v) is 17.4. The lowest BCUT2D eigenvalue weighted by Crippen LogP contribution is -2.41. The van der Waals surface area contributed by atoms with Crippen molar-refractivity contribution in [2.24, 2.45) is 11.8 Å². The number of nitrogens with two attached hydrogens (primary N) is 1. The highest BCUT2D eigenvalue weighted by Gasteiger charge is 2.31. The predicted octanol–water partition coefficient (Wildman–Crippen LogP) is 3.64. The molecule has 5 nitrogen and oxygen atoms in total. The Morgan fingerprint density at radius 1 is 1.17 bits per heavy atom. The van der Waals surface area contributed by atoms with Crippen LogP contribution in [0.3, 0.4) is 0 Å². The van der Waals surface area contributed by atoms with E-state index in [0.29, 0.717) is 24.6 Å². The fourth-order valence-electron chi connectivity index (χ4n) is 4.21. The minimum atomic E-state index is -0.460. The number of nitrogens with one attached hydrogen (secondary N) is 1. The molecule has 5 heteroatoms. The van der Waals surface area contributed by atoms with Crippen molar-refractivity contribution in [2.45, 2.75) is 58.4 Å². The predicted molar refractivity (Wildman–Crippen MR) is 115 cm³/mol. The molecule has 1 aromatic heterocycles. The first-order chi connectivity index (χ1) is 13.9. The topological polar surface area (TPSA) is 85.1 Å². The molecule has 0 spiro atoms. The van der Waals surface area contributed by atoms with Crippen molar-refractivity contribution in [3.05, 3.63) is 59.3 Å². The summed E-state index contributed by atoms with van der Waals surface area (Å²) in [6.07, 6.45) is 4.89. The molecular formula is C24H31N3O2. The lowest BCUT2D eigenvalue weighted by atomic mass is 9.96. The van der Waals surface area contributed by atoms with Crippen molar-refractivity contribution in [1.29, 1.82) is 0 Å². The quantitative estimate of drug-likeness (QED) is 0.717. The highest BCUT2D eigenvalue weighted by atomic mass is 16.2. The average Bonchev–Trinajstić information content (AvgIpc) is 3.16. The fraction of sp³-hybridized carbons (Fsp3) is 0.458. The normalized spacial score (nSPS) is 19.7.